The highest BCUT2D eigenvalue weighted by Gasteiger charge is 2.05. The van der Waals surface area contributed by atoms with E-state index in [1.165, 1.54) is 6.07 Å². The van der Waals surface area contributed by atoms with E-state index in [-0.39, 0.29) is 11.1 Å². The van der Waals surface area contributed by atoms with E-state index >= 15 is 0 Å². The molecule has 7 nitrogen and oxygen atoms in total. The second kappa shape index (κ2) is 9.14. The number of halogens is 1. The summed E-state index contributed by atoms with van der Waals surface area (Å²) in [4.78, 5) is 37.1. The van der Waals surface area contributed by atoms with Gasteiger partial charge >= 0.3 is 0 Å². The van der Waals surface area contributed by atoms with Crippen LogP contribution in [0.3, 0.4) is 0 Å². The molecule has 3 aromatic rings. The van der Waals surface area contributed by atoms with Gasteiger partial charge in [-0.15, -0.1) is 0 Å². The monoisotopic (exact) mass is 385 g/mol. The van der Waals surface area contributed by atoms with Crippen LogP contribution in [0.2, 0.25) is 5.02 Å². The number of rotatable bonds is 8. The van der Waals surface area contributed by atoms with Crippen molar-refractivity contribution in [3.8, 4) is 0 Å². The van der Waals surface area contributed by atoms with Crippen LogP contribution in [-0.4, -0.2) is 26.5 Å². The summed E-state index contributed by atoms with van der Waals surface area (Å²) in [7, 11) is 0. The summed E-state index contributed by atoms with van der Waals surface area (Å²) in [6, 6.07) is 6.78. The summed E-state index contributed by atoms with van der Waals surface area (Å²) in [6.07, 6.45) is 7.94. The van der Waals surface area contributed by atoms with Gasteiger partial charge in [0.2, 0.25) is 11.5 Å². The van der Waals surface area contributed by atoms with Crippen molar-refractivity contribution in [1.29, 1.82) is 0 Å². The Bertz CT molecular complexity index is 995. The van der Waals surface area contributed by atoms with Gasteiger partial charge in [0.05, 0.1) is 10.7 Å². The SMILES string of the molecule is O=c1ccc(Cc2cnc(NCCCCc3ncccc3Cl)[nH]c2=O)c[nH]1. The maximum absolute atomic E-state index is 12.2. The minimum atomic E-state index is -0.195. The Morgan fingerprint density at radius 1 is 1.11 bits per heavy atom. The molecule has 0 bridgehead atoms. The molecule has 3 aromatic heterocycles. The average Bonchev–Trinajstić information content (AvgIpc) is 2.67. The number of nitrogens with zero attached hydrogens (tertiary/aromatic N) is 2. The molecule has 8 heteroatoms. The van der Waals surface area contributed by atoms with E-state index < -0.39 is 0 Å². The van der Waals surface area contributed by atoms with Gasteiger partial charge in [-0.3, -0.25) is 19.6 Å². The molecular weight excluding hydrogens is 366 g/mol. The van der Waals surface area contributed by atoms with Crippen molar-refractivity contribution < 1.29 is 0 Å². The van der Waals surface area contributed by atoms with Gasteiger partial charge in [0.1, 0.15) is 0 Å². The van der Waals surface area contributed by atoms with E-state index in [0.29, 0.717) is 29.5 Å². The van der Waals surface area contributed by atoms with Crippen LogP contribution in [0, 0.1) is 0 Å². The van der Waals surface area contributed by atoms with E-state index in [2.05, 4.69) is 25.3 Å². The normalized spacial score (nSPS) is 10.7. The van der Waals surface area contributed by atoms with E-state index in [1.807, 2.05) is 12.1 Å². The largest absolute Gasteiger partial charge is 0.356 e. The van der Waals surface area contributed by atoms with E-state index in [1.54, 1.807) is 24.7 Å². The smallest absolute Gasteiger partial charge is 0.255 e. The predicted molar refractivity (Wildman–Crippen MR) is 105 cm³/mol. The molecule has 0 saturated carbocycles. The predicted octanol–water partition coefficient (Wildman–Crippen LogP) is 2.53. The first-order valence-corrected chi connectivity index (χ1v) is 9.09. The van der Waals surface area contributed by atoms with Gasteiger partial charge in [-0.2, -0.15) is 0 Å². The molecule has 27 heavy (non-hydrogen) atoms. The Morgan fingerprint density at radius 3 is 2.74 bits per heavy atom. The molecular formula is C19H20ClN5O2. The number of pyridine rings is 2. The van der Waals surface area contributed by atoms with Gasteiger partial charge in [-0.25, -0.2) is 4.98 Å². The number of nitrogens with one attached hydrogen (secondary N) is 3. The van der Waals surface area contributed by atoms with Crippen LogP contribution in [0.25, 0.3) is 0 Å². The number of H-pyrrole nitrogens is 2. The lowest BCUT2D eigenvalue weighted by atomic mass is 10.1. The van der Waals surface area contributed by atoms with Crippen molar-refractivity contribution in [3.05, 3.63) is 85.4 Å². The molecule has 3 heterocycles. The highest BCUT2D eigenvalue weighted by Crippen LogP contribution is 2.14. The van der Waals surface area contributed by atoms with Crippen molar-refractivity contribution in [1.82, 2.24) is 19.9 Å². The summed E-state index contributed by atoms with van der Waals surface area (Å²) >= 11 is 6.09. The van der Waals surface area contributed by atoms with Crippen molar-refractivity contribution in [2.45, 2.75) is 25.7 Å². The zero-order valence-electron chi connectivity index (χ0n) is 14.7. The lowest BCUT2D eigenvalue weighted by Gasteiger charge is -2.07. The molecule has 3 rings (SSSR count). The van der Waals surface area contributed by atoms with Crippen LogP contribution < -0.4 is 16.4 Å². The lowest BCUT2D eigenvalue weighted by molar-refractivity contribution is 0.745. The number of aromatic nitrogens is 4. The number of hydrogen-bond donors (Lipinski definition) is 3. The number of aryl methyl sites for hydroxylation is 1. The minimum absolute atomic E-state index is 0.171. The maximum Gasteiger partial charge on any atom is 0.255 e. The Hall–Kier alpha value is -2.93. The van der Waals surface area contributed by atoms with Crippen LogP contribution in [0.1, 0.15) is 29.7 Å². The first-order chi connectivity index (χ1) is 13.1. The van der Waals surface area contributed by atoms with Gasteiger partial charge in [-0.1, -0.05) is 17.7 Å². The molecule has 0 unspecified atom stereocenters. The fourth-order valence-corrected chi connectivity index (χ4v) is 2.85. The maximum atomic E-state index is 12.2. The number of anilines is 1. The fourth-order valence-electron chi connectivity index (χ4n) is 2.64. The topological polar surface area (TPSA) is 104 Å². The second-order valence-corrected chi connectivity index (χ2v) is 6.55. The number of hydrogen-bond acceptors (Lipinski definition) is 5. The van der Waals surface area contributed by atoms with Crippen molar-refractivity contribution >= 4 is 17.5 Å². The van der Waals surface area contributed by atoms with Crippen molar-refractivity contribution in [2.24, 2.45) is 0 Å². The zero-order chi connectivity index (χ0) is 19.1. The average molecular weight is 386 g/mol. The number of unbranched alkanes of at least 4 members (excludes halogenated alkanes) is 1. The van der Waals surface area contributed by atoms with E-state index in [9.17, 15) is 9.59 Å². The molecule has 0 aliphatic carbocycles. The Morgan fingerprint density at radius 2 is 2.00 bits per heavy atom. The fraction of sp³-hybridized carbons (Fsp3) is 0.263. The Labute approximate surface area is 160 Å². The third kappa shape index (κ3) is 5.52. The minimum Gasteiger partial charge on any atom is -0.356 e. The summed E-state index contributed by atoms with van der Waals surface area (Å²) in [6.45, 7) is 0.687. The lowest BCUT2D eigenvalue weighted by Crippen LogP contribution is -2.18. The van der Waals surface area contributed by atoms with Crippen LogP contribution in [0.4, 0.5) is 5.95 Å². The Balaban J connectivity index is 1.47. The highest BCUT2D eigenvalue weighted by molar-refractivity contribution is 6.31. The highest BCUT2D eigenvalue weighted by atomic mass is 35.5. The molecule has 3 N–H and O–H groups in total. The molecule has 0 atom stereocenters. The van der Waals surface area contributed by atoms with Gasteiger partial charge in [0.25, 0.3) is 5.56 Å². The summed E-state index contributed by atoms with van der Waals surface area (Å²) in [5, 5.41) is 3.81. The van der Waals surface area contributed by atoms with Crippen LogP contribution in [0.5, 0.6) is 0 Å². The number of aromatic amines is 2. The zero-order valence-corrected chi connectivity index (χ0v) is 15.4. The molecule has 0 radical (unpaired) electrons. The molecule has 0 amide bonds. The van der Waals surface area contributed by atoms with Crippen LogP contribution >= 0.6 is 11.6 Å². The molecule has 140 valence electrons. The molecule has 0 spiro atoms. The Kier molecular flexibility index (Phi) is 6.38. The van der Waals surface area contributed by atoms with Gasteiger partial charge in [0, 0.05) is 43.2 Å². The summed E-state index contributed by atoms with van der Waals surface area (Å²) in [5.41, 5.74) is 1.92. The quantitative estimate of drug-likeness (QED) is 0.517. The van der Waals surface area contributed by atoms with Gasteiger partial charge in [0.15, 0.2) is 0 Å². The van der Waals surface area contributed by atoms with E-state index in [4.69, 9.17) is 11.6 Å². The van der Waals surface area contributed by atoms with Crippen LogP contribution in [0.15, 0.2) is 52.4 Å². The molecule has 0 aliphatic rings. The summed E-state index contributed by atoms with van der Waals surface area (Å²) < 4.78 is 0. The third-order valence-corrected chi connectivity index (χ3v) is 4.43. The van der Waals surface area contributed by atoms with Crippen LogP contribution in [-0.2, 0) is 12.8 Å². The molecule has 0 aliphatic heterocycles. The molecule has 0 saturated heterocycles. The standard InChI is InChI=1S/C19H20ClN5O2/c20-15-4-3-9-21-16(15)5-1-2-8-22-19-24-12-14(18(27)25-19)10-13-6-7-17(26)23-11-13/h3-4,6-7,9,11-12H,1-2,5,8,10H2,(H,23,26)(H2,22,24,25,27). The van der Waals surface area contributed by atoms with Crippen molar-refractivity contribution in [3.63, 3.8) is 0 Å². The second-order valence-electron chi connectivity index (χ2n) is 6.14. The summed E-state index contributed by atoms with van der Waals surface area (Å²) in [5.74, 6) is 0.445. The first kappa shape index (κ1) is 18.8. The first-order valence-electron chi connectivity index (χ1n) is 8.71. The van der Waals surface area contributed by atoms with E-state index in [0.717, 1.165) is 30.5 Å². The molecule has 0 aromatic carbocycles. The van der Waals surface area contributed by atoms with Gasteiger partial charge < -0.3 is 10.3 Å². The third-order valence-electron chi connectivity index (χ3n) is 4.08. The molecule has 0 fully saturated rings. The van der Waals surface area contributed by atoms with Crippen molar-refractivity contribution in [2.75, 3.05) is 11.9 Å². The van der Waals surface area contributed by atoms with Gasteiger partial charge in [-0.05, 0) is 37.0 Å².